The van der Waals surface area contributed by atoms with Gasteiger partial charge in [-0.2, -0.15) is 0 Å². The van der Waals surface area contributed by atoms with Crippen LogP contribution in [0.15, 0.2) is 0 Å². The predicted molar refractivity (Wildman–Crippen MR) is 46.8 cm³/mol. The summed E-state index contributed by atoms with van der Waals surface area (Å²) in [4.78, 5) is 2.37. The molecular weight excluding hydrogens is 148 g/mol. The molecule has 1 aliphatic rings. The quantitative estimate of drug-likeness (QED) is 0.568. The fourth-order valence-electron chi connectivity index (χ4n) is 1.60. The molecular formula is C7H17ClN2. The third-order valence-corrected chi connectivity index (χ3v) is 1.74. The van der Waals surface area contributed by atoms with Crippen molar-refractivity contribution in [2.45, 2.75) is 25.9 Å². The summed E-state index contributed by atoms with van der Waals surface area (Å²) >= 11 is 0. The molecule has 2 nitrogen and oxygen atoms in total. The molecule has 0 aromatic rings. The predicted octanol–water partition coefficient (Wildman–Crippen LogP) is 0.720. The first kappa shape index (κ1) is 10.2. The first-order valence-corrected chi connectivity index (χ1v) is 3.63. The Balaban J connectivity index is 0.000000810. The van der Waals surface area contributed by atoms with Gasteiger partial charge in [0.05, 0.1) is 0 Å². The highest BCUT2D eigenvalue weighted by Gasteiger charge is 2.16. The molecule has 2 atom stereocenters. The number of piperazine rings is 1. The van der Waals surface area contributed by atoms with Crippen molar-refractivity contribution in [2.24, 2.45) is 0 Å². The van der Waals surface area contributed by atoms with Crippen molar-refractivity contribution in [2.75, 3.05) is 20.1 Å². The molecule has 3 heteroatoms. The second-order valence-corrected chi connectivity index (χ2v) is 3.19. The third-order valence-electron chi connectivity index (χ3n) is 1.74. The molecule has 0 aliphatic carbocycles. The van der Waals surface area contributed by atoms with E-state index in [-0.39, 0.29) is 12.4 Å². The lowest BCUT2D eigenvalue weighted by Crippen LogP contribution is -2.52. The van der Waals surface area contributed by atoms with E-state index in [0.717, 1.165) is 0 Å². The van der Waals surface area contributed by atoms with Gasteiger partial charge in [0.1, 0.15) is 0 Å². The maximum atomic E-state index is 3.47. The highest BCUT2D eigenvalue weighted by molar-refractivity contribution is 5.85. The van der Waals surface area contributed by atoms with Crippen molar-refractivity contribution in [1.82, 2.24) is 10.2 Å². The summed E-state index contributed by atoms with van der Waals surface area (Å²) in [5.74, 6) is 0. The Morgan fingerprint density at radius 3 is 1.90 bits per heavy atom. The standard InChI is InChI=1S/C7H16N2.ClH/c1-6-4-9(3)5-7(2)8-6;/h6-8H,4-5H2,1-3H3;1H/t6-,7-;/m1./s1. The second kappa shape index (κ2) is 4.16. The molecule has 0 aromatic carbocycles. The minimum atomic E-state index is 0. The fourth-order valence-corrected chi connectivity index (χ4v) is 1.60. The zero-order chi connectivity index (χ0) is 6.85. The number of nitrogens with one attached hydrogen (secondary N) is 1. The maximum Gasteiger partial charge on any atom is 0.0169 e. The molecule has 0 unspecified atom stereocenters. The Kier molecular flexibility index (Phi) is 4.25. The van der Waals surface area contributed by atoms with Gasteiger partial charge in [-0.25, -0.2) is 0 Å². The second-order valence-electron chi connectivity index (χ2n) is 3.19. The SMILES string of the molecule is C[C@@H]1CN(C)C[C@@H](C)N1.Cl. The van der Waals surface area contributed by atoms with Crippen LogP contribution < -0.4 is 5.32 Å². The van der Waals surface area contributed by atoms with Crippen molar-refractivity contribution in [1.29, 1.82) is 0 Å². The number of halogens is 1. The molecule has 1 N–H and O–H groups in total. The van der Waals surface area contributed by atoms with Crippen LogP contribution in [0.3, 0.4) is 0 Å². The van der Waals surface area contributed by atoms with Gasteiger partial charge in [-0.3, -0.25) is 0 Å². The van der Waals surface area contributed by atoms with E-state index in [1.54, 1.807) is 0 Å². The first-order chi connectivity index (χ1) is 4.18. The zero-order valence-electron chi connectivity index (χ0n) is 6.92. The van der Waals surface area contributed by atoms with E-state index in [9.17, 15) is 0 Å². The Bertz CT molecular complexity index is 72.6. The normalized spacial score (nSPS) is 35.1. The number of hydrogen-bond donors (Lipinski definition) is 1. The molecule has 62 valence electrons. The molecule has 0 amide bonds. The largest absolute Gasteiger partial charge is 0.309 e. The van der Waals surface area contributed by atoms with Crippen LogP contribution >= 0.6 is 12.4 Å². The number of hydrogen-bond acceptors (Lipinski definition) is 2. The maximum absolute atomic E-state index is 3.47. The van der Waals surface area contributed by atoms with E-state index in [1.807, 2.05) is 0 Å². The van der Waals surface area contributed by atoms with Gasteiger partial charge in [0.15, 0.2) is 0 Å². The third kappa shape index (κ3) is 2.86. The number of nitrogens with zero attached hydrogens (tertiary/aromatic N) is 1. The summed E-state index contributed by atoms with van der Waals surface area (Å²) < 4.78 is 0. The Hall–Kier alpha value is 0.210. The van der Waals surface area contributed by atoms with Crippen LogP contribution in [0.4, 0.5) is 0 Å². The van der Waals surface area contributed by atoms with Crippen LogP contribution in [-0.2, 0) is 0 Å². The minimum Gasteiger partial charge on any atom is -0.309 e. The summed E-state index contributed by atoms with van der Waals surface area (Å²) in [5, 5.41) is 3.47. The highest BCUT2D eigenvalue weighted by Crippen LogP contribution is 1.99. The van der Waals surface area contributed by atoms with Gasteiger partial charge in [0, 0.05) is 25.2 Å². The van der Waals surface area contributed by atoms with Crippen LogP contribution in [-0.4, -0.2) is 37.1 Å². The van der Waals surface area contributed by atoms with Crippen LogP contribution in [0.1, 0.15) is 13.8 Å². The van der Waals surface area contributed by atoms with E-state index >= 15 is 0 Å². The Morgan fingerprint density at radius 1 is 1.20 bits per heavy atom. The van der Waals surface area contributed by atoms with Gasteiger partial charge >= 0.3 is 0 Å². The monoisotopic (exact) mass is 164 g/mol. The lowest BCUT2D eigenvalue weighted by Gasteiger charge is -2.33. The lowest BCUT2D eigenvalue weighted by molar-refractivity contribution is 0.208. The molecule has 1 rings (SSSR count). The minimum absolute atomic E-state index is 0. The van der Waals surface area contributed by atoms with Gasteiger partial charge in [-0.1, -0.05) is 0 Å². The topological polar surface area (TPSA) is 15.3 Å². The molecule has 1 saturated heterocycles. The summed E-state index contributed by atoms with van der Waals surface area (Å²) in [6.07, 6.45) is 0. The summed E-state index contributed by atoms with van der Waals surface area (Å²) in [7, 11) is 2.17. The lowest BCUT2D eigenvalue weighted by atomic mass is 10.2. The fraction of sp³-hybridized carbons (Fsp3) is 1.00. The average molecular weight is 165 g/mol. The molecule has 0 radical (unpaired) electrons. The van der Waals surface area contributed by atoms with Crippen molar-refractivity contribution < 1.29 is 0 Å². The summed E-state index contributed by atoms with van der Waals surface area (Å²) in [6, 6.07) is 1.33. The Labute approximate surface area is 69.4 Å². The first-order valence-electron chi connectivity index (χ1n) is 3.63. The van der Waals surface area contributed by atoms with Crippen LogP contribution in [0.2, 0.25) is 0 Å². The highest BCUT2D eigenvalue weighted by atomic mass is 35.5. The zero-order valence-corrected chi connectivity index (χ0v) is 7.74. The Morgan fingerprint density at radius 2 is 1.60 bits per heavy atom. The van der Waals surface area contributed by atoms with Crippen molar-refractivity contribution in [3.05, 3.63) is 0 Å². The average Bonchev–Trinajstić information content (AvgIpc) is 1.59. The van der Waals surface area contributed by atoms with Gasteiger partial charge in [-0.05, 0) is 20.9 Å². The van der Waals surface area contributed by atoms with Gasteiger partial charge in [-0.15, -0.1) is 12.4 Å². The van der Waals surface area contributed by atoms with Crippen LogP contribution in [0.5, 0.6) is 0 Å². The molecule has 1 heterocycles. The summed E-state index contributed by atoms with van der Waals surface area (Å²) in [5.41, 5.74) is 0. The van der Waals surface area contributed by atoms with Gasteiger partial charge in [0.25, 0.3) is 0 Å². The molecule has 1 fully saturated rings. The molecule has 10 heavy (non-hydrogen) atoms. The molecule has 0 spiro atoms. The van der Waals surface area contributed by atoms with Gasteiger partial charge in [0.2, 0.25) is 0 Å². The summed E-state index contributed by atoms with van der Waals surface area (Å²) in [6.45, 7) is 6.83. The number of likely N-dealkylation sites (N-methyl/N-ethyl adjacent to an activating group) is 1. The van der Waals surface area contributed by atoms with Gasteiger partial charge < -0.3 is 10.2 Å². The van der Waals surface area contributed by atoms with E-state index in [0.29, 0.717) is 12.1 Å². The van der Waals surface area contributed by atoms with E-state index < -0.39 is 0 Å². The molecule has 0 aromatic heterocycles. The van der Waals surface area contributed by atoms with E-state index in [1.165, 1.54) is 13.1 Å². The van der Waals surface area contributed by atoms with Crippen LogP contribution in [0, 0.1) is 0 Å². The van der Waals surface area contributed by atoms with Crippen molar-refractivity contribution in [3.8, 4) is 0 Å². The van der Waals surface area contributed by atoms with E-state index in [4.69, 9.17) is 0 Å². The molecule has 1 aliphatic heterocycles. The number of rotatable bonds is 0. The van der Waals surface area contributed by atoms with Crippen molar-refractivity contribution >= 4 is 12.4 Å². The van der Waals surface area contributed by atoms with E-state index in [2.05, 4.69) is 31.1 Å². The molecule has 0 bridgehead atoms. The smallest absolute Gasteiger partial charge is 0.0169 e. The van der Waals surface area contributed by atoms with Crippen LogP contribution in [0.25, 0.3) is 0 Å². The molecule has 0 saturated carbocycles. The van der Waals surface area contributed by atoms with Crippen molar-refractivity contribution in [3.63, 3.8) is 0 Å².